The van der Waals surface area contributed by atoms with Gasteiger partial charge >= 0.3 is 0 Å². The van der Waals surface area contributed by atoms with Gasteiger partial charge in [0.15, 0.2) is 0 Å². The van der Waals surface area contributed by atoms with E-state index in [1.54, 1.807) is 49.4 Å². The first kappa shape index (κ1) is 28.5. The molecule has 0 aliphatic heterocycles. The number of carbonyl (C=O) groups excluding carboxylic acids is 2. The van der Waals surface area contributed by atoms with Crippen LogP contribution in [0.2, 0.25) is 5.02 Å². The van der Waals surface area contributed by atoms with E-state index in [0.717, 1.165) is 11.8 Å². The molecule has 0 saturated heterocycles. The second kappa shape index (κ2) is 12.8. The largest absolute Gasteiger partial charge is 0.497 e. The van der Waals surface area contributed by atoms with Gasteiger partial charge in [0, 0.05) is 30.6 Å². The van der Waals surface area contributed by atoms with Crippen LogP contribution in [0.5, 0.6) is 5.75 Å². The fourth-order valence-electron chi connectivity index (χ4n) is 3.57. The van der Waals surface area contributed by atoms with E-state index in [-0.39, 0.29) is 43.8 Å². The summed E-state index contributed by atoms with van der Waals surface area (Å²) in [6.45, 7) is 5.72. The normalized spacial score (nSPS) is 12.2. The molecule has 1 atom stereocenters. The Bertz CT molecular complexity index is 1110. The number of nitrogens with zero attached hydrogens (tertiary/aromatic N) is 2. The lowest BCUT2D eigenvalue weighted by Gasteiger charge is -2.30. The zero-order valence-electron chi connectivity index (χ0n) is 20.8. The summed E-state index contributed by atoms with van der Waals surface area (Å²) >= 11 is 6.10. The van der Waals surface area contributed by atoms with Crippen molar-refractivity contribution in [3.63, 3.8) is 0 Å². The van der Waals surface area contributed by atoms with Crippen molar-refractivity contribution in [2.75, 3.05) is 24.2 Å². The van der Waals surface area contributed by atoms with E-state index < -0.39 is 16.1 Å². The highest BCUT2D eigenvalue weighted by atomic mass is 35.5. The molecule has 0 aliphatic rings. The Balaban J connectivity index is 2.16. The maximum Gasteiger partial charge on any atom is 0.242 e. The maximum absolute atomic E-state index is 13.2. The van der Waals surface area contributed by atoms with Crippen LogP contribution in [0.25, 0.3) is 0 Å². The lowest BCUT2D eigenvalue weighted by Crippen LogP contribution is -2.49. The predicted octanol–water partition coefficient (Wildman–Crippen LogP) is 3.84. The molecule has 10 heteroatoms. The molecule has 2 amide bonds. The number of ether oxygens (including phenoxy) is 1. The van der Waals surface area contributed by atoms with E-state index >= 15 is 0 Å². The monoisotopic (exact) mass is 523 g/mol. The lowest BCUT2D eigenvalue weighted by atomic mass is 10.1. The van der Waals surface area contributed by atoms with E-state index in [4.69, 9.17) is 16.3 Å². The van der Waals surface area contributed by atoms with Gasteiger partial charge in [-0.05, 0) is 69.2 Å². The third kappa shape index (κ3) is 8.74. The van der Waals surface area contributed by atoms with Gasteiger partial charge in [0.2, 0.25) is 21.8 Å². The molecule has 2 aromatic rings. The molecule has 0 unspecified atom stereocenters. The van der Waals surface area contributed by atoms with Gasteiger partial charge < -0.3 is 15.0 Å². The van der Waals surface area contributed by atoms with Crippen molar-refractivity contribution in [2.45, 2.75) is 52.2 Å². The molecule has 192 valence electrons. The van der Waals surface area contributed by atoms with E-state index in [0.29, 0.717) is 16.5 Å². The van der Waals surface area contributed by atoms with Gasteiger partial charge in [-0.15, -0.1) is 0 Å². The van der Waals surface area contributed by atoms with Crippen molar-refractivity contribution in [2.24, 2.45) is 0 Å². The van der Waals surface area contributed by atoms with Crippen LogP contribution in [0, 0.1) is 0 Å². The first-order chi connectivity index (χ1) is 16.4. The highest BCUT2D eigenvalue weighted by molar-refractivity contribution is 7.92. The number of amides is 2. The molecule has 0 spiro atoms. The summed E-state index contributed by atoms with van der Waals surface area (Å²) < 4.78 is 31.2. The molecule has 0 fully saturated rings. The van der Waals surface area contributed by atoms with Gasteiger partial charge in [0.1, 0.15) is 11.8 Å². The van der Waals surface area contributed by atoms with Crippen LogP contribution in [-0.2, 0) is 26.2 Å². The van der Waals surface area contributed by atoms with E-state index in [2.05, 4.69) is 5.32 Å². The number of hydrogen-bond acceptors (Lipinski definition) is 5. The molecule has 0 saturated carbocycles. The standard InChI is InChI=1S/C25H34ClN3O5S/c1-18(2)27-25(31)19(3)28(17-20-8-6-9-21(26)16-20)24(30)10-7-15-29(35(5,32)33)22-11-13-23(34-4)14-12-22/h6,8-9,11-14,16,18-19H,7,10,15,17H2,1-5H3,(H,27,31)/t19-/m0/s1. The predicted molar refractivity (Wildman–Crippen MR) is 139 cm³/mol. The molecule has 2 aromatic carbocycles. The van der Waals surface area contributed by atoms with Crippen molar-refractivity contribution in [1.29, 1.82) is 0 Å². The smallest absolute Gasteiger partial charge is 0.242 e. The number of sulfonamides is 1. The Labute approximate surface area is 213 Å². The van der Waals surface area contributed by atoms with E-state index in [9.17, 15) is 18.0 Å². The van der Waals surface area contributed by atoms with E-state index in [1.807, 2.05) is 19.9 Å². The average molecular weight is 524 g/mol. The van der Waals surface area contributed by atoms with Crippen molar-refractivity contribution in [3.8, 4) is 5.75 Å². The summed E-state index contributed by atoms with van der Waals surface area (Å²) in [7, 11) is -2.03. The minimum atomic E-state index is -3.56. The molecule has 0 radical (unpaired) electrons. The summed E-state index contributed by atoms with van der Waals surface area (Å²) in [5, 5.41) is 3.38. The van der Waals surface area contributed by atoms with Gasteiger partial charge in [-0.25, -0.2) is 8.42 Å². The highest BCUT2D eigenvalue weighted by Crippen LogP contribution is 2.22. The van der Waals surface area contributed by atoms with Crippen LogP contribution in [0.4, 0.5) is 5.69 Å². The summed E-state index contributed by atoms with van der Waals surface area (Å²) in [6, 6.07) is 13.0. The van der Waals surface area contributed by atoms with Gasteiger partial charge in [0.05, 0.1) is 19.1 Å². The van der Waals surface area contributed by atoms with Crippen molar-refractivity contribution < 1.29 is 22.7 Å². The molecule has 8 nitrogen and oxygen atoms in total. The van der Waals surface area contributed by atoms with Crippen LogP contribution in [0.1, 0.15) is 39.2 Å². The van der Waals surface area contributed by atoms with E-state index in [1.165, 1.54) is 16.3 Å². The third-order valence-electron chi connectivity index (χ3n) is 5.35. The minimum Gasteiger partial charge on any atom is -0.497 e. The highest BCUT2D eigenvalue weighted by Gasteiger charge is 2.27. The summed E-state index contributed by atoms with van der Waals surface area (Å²) in [5.74, 6) is 0.105. The summed E-state index contributed by atoms with van der Waals surface area (Å²) in [6.07, 6.45) is 1.48. The number of carbonyl (C=O) groups is 2. The number of halogens is 1. The summed E-state index contributed by atoms with van der Waals surface area (Å²) in [5.41, 5.74) is 1.28. The number of methoxy groups -OCH3 is 1. The Morgan fingerprint density at radius 1 is 1.09 bits per heavy atom. The molecule has 0 bridgehead atoms. The van der Waals surface area contributed by atoms with Crippen molar-refractivity contribution >= 4 is 39.1 Å². The summed E-state index contributed by atoms with van der Waals surface area (Å²) in [4.78, 5) is 27.4. The van der Waals surface area contributed by atoms with Gasteiger partial charge in [-0.2, -0.15) is 0 Å². The average Bonchev–Trinajstić information content (AvgIpc) is 2.78. The van der Waals surface area contributed by atoms with Crippen molar-refractivity contribution in [3.05, 3.63) is 59.1 Å². The van der Waals surface area contributed by atoms with Gasteiger partial charge in [0.25, 0.3) is 0 Å². The number of rotatable bonds is 12. The molecule has 2 rings (SSSR count). The van der Waals surface area contributed by atoms with Crippen LogP contribution in [0.15, 0.2) is 48.5 Å². The zero-order valence-corrected chi connectivity index (χ0v) is 22.4. The van der Waals surface area contributed by atoms with Gasteiger partial charge in [-0.1, -0.05) is 23.7 Å². The Morgan fingerprint density at radius 3 is 2.29 bits per heavy atom. The number of benzene rings is 2. The topological polar surface area (TPSA) is 96.0 Å². The first-order valence-electron chi connectivity index (χ1n) is 11.4. The molecule has 35 heavy (non-hydrogen) atoms. The minimum absolute atomic E-state index is 0.0686. The lowest BCUT2D eigenvalue weighted by molar-refractivity contribution is -0.140. The van der Waals surface area contributed by atoms with Gasteiger partial charge in [-0.3, -0.25) is 13.9 Å². The molecular weight excluding hydrogens is 490 g/mol. The molecule has 1 N–H and O–H groups in total. The Morgan fingerprint density at radius 2 is 1.74 bits per heavy atom. The number of anilines is 1. The van der Waals surface area contributed by atoms with Crippen molar-refractivity contribution in [1.82, 2.24) is 10.2 Å². The number of nitrogens with one attached hydrogen (secondary N) is 1. The molecule has 0 aliphatic carbocycles. The first-order valence-corrected chi connectivity index (χ1v) is 13.6. The second-order valence-corrected chi connectivity index (χ2v) is 11.0. The molecule has 0 heterocycles. The molecule has 0 aromatic heterocycles. The van der Waals surface area contributed by atoms with Crippen LogP contribution >= 0.6 is 11.6 Å². The second-order valence-electron chi connectivity index (χ2n) is 8.63. The zero-order chi connectivity index (χ0) is 26.2. The Kier molecular flexibility index (Phi) is 10.4. The fourth-order valence-corrected chi connectivity index (χ4v) is 4.75. The maximum atomic E-state index is 13.2. The number of hydrogen-bond donors (Lipinski definition) is 1. The quantitative estimate of drug-likeness (QED) is 0.456. The van der Waals surface area contributed by atoms with Crippen LogP contribution < -0.4 is 14.4 Å². The van der Waals surface area contributed by atoms with Crippen LogP contribution in [-0.4, -0.2) is 57.1 Å². The van der Waals surface area contributed by atoms with Crippen LogP contribution in [0.3, 0.4) is 0 Å². The fraction of sp³-hybridized carbons (Fsp3) is 0.440. The molecular formula is C25H34ClN3O5S. The Hall–Kier alpha value is -2.78. The SMILES string of the molecule is COc1ccc(N(CCCC(=O)N(Cc2cccc(Cl)c2)[C@@H](C)C(=O)NC(C)C)S(C)(=O)=O)cc1. The third-order valence-corrected chi connectivity index (χ3v) is 6.78.